The summed E-state index contributed by atoms with van der Waals surface area (Å²) >= 11 is 0. The zero-order chi connectivity index (χ0) is 16.9. The number of benzene rings is 1. The summed E-state index contributed by atoms with van der Waals surface area (Å²) in [7, 11) is 1.81. The van der Waals surface area contributed by atoms with E-state index in [1.54, 1.807) is 4.90 Å². The van der Waals surface area contributed by atoms with Crippen molar-refractivity contribution >= 4 is 24.2 Å². The van der Waals surface area contributed by atoms with Crippen molar-refractivity contribution in [3.63, 3.8) is 0 Å². The highest BCUT2D eigenvalue weighted by Gasteiger charge is 2.38. The number of rotatable bonds is 4. The third-order valence-corrected chi connectivity index (χ3v) is 5.30. The molecule has 0 aliphatic carbocycles. The number of halogens is 1. The molecular formula is C19H28ClN3O2. The lowest BCUT2D eigenvalue weighted by atomic mass is 9.84. The third-order valence-electron chi connectivity index (χ3n) is 5.30. The van der Waals surface area contributed by atoms with Crippen LogP contribution in [0.1, 0.15) is 37.3 Å². The van der Waals surface area contributed by atoms with Gasteiger partial charge in [0.1, 0.15) is 0 Å². The number of carbonyl (C=O) groups is 2. The summed E-state index contributed by atoms with van der Waals surface area (Å²) in [5.74, 6) is 0.533. The van der Waals surface area contributed by atoms with E-state index < -0.39 is 0 Å². The summed E-state index contributed by atoms with van der Waals surface area (Å²) in [6, 6.07) is 9.72. The molecular weight excluding hydrogens is 338 g/mol. The van der Waals surface area contributed by atoms with Crippen molar-refractivity contribution in [2.24, 2.45) is 11.8 Å². The lowest BCUT2D eigenvalue weighted by molar-refractivity contribution is -0.141. The van der Waals surface area contributed by atoms with E-state index in [0.717, 1.165) is 25.2 Å². The Kier molecular flexibility index (Phi) is 7.26. The summed E-state index contributed by atoms with van der Waals surface area (Å²) in [4.78, 5) is 26.7. The number of carbonyl (C=O) groups excluding carboxylic acids is 2. The molecule has 6 heteroatoms. The maximum absolute atomic E-state index is 12.8. The second-order valence-electron chi connectivity index (χ2n) is 6.96. The smallest absolute Gasteiger partial charge is 0.225 e. The van der Waals surface area contributed by atoms with Crippen LogP contribution in [0.3, 0.4) is 0 Å². The van der Waals surface area contributed by atoms with Crippen molar-refractivity contribution in [1.82, 2.24) is 15.5 Å². The van der Waals surface area contributed by atoms with E-state index in [0.29, 0.717) is 18.8 Å². The van der Waals surface area contributed by atoms with Crippen LogP contribution in [0.15, 0.2) is 30.3 Å². The molecule has 1 aromatic rings. The summed E-state index contributed by atoms with van der Waals surface area (Å²) in [6.07, 6.45) is 3.41. The highest BCUT2D eigenvalue weighted by Crippen LogP contribution is 2.35. The fourth-order valence-corrected chi connectivity index (χ4v) is 3.89. The molecule has 2 aliphatic heterocycles. The molecule has 2 saturated heterocycles. The highest BCUT2D eigenvalue weighted by molar-refractivity contribution is 5.85. The van der Waals surface area contributed by atoms with Gasteiger partial charge in [-0.3, -0.25) is 9.59 Å². The maximum atomic E-state index is 12.8. The largest absolute Gasteiger partial charge is 0.355 e. The van der Waals surface area contributed by atoms with E-state index in [2.05, 4.69) is 10.6 Å². The minimum atomic E-state index is -0.174. The Labute approximate surface area is 155 Å². The van der Waals surface area contributed by atoms with Crippen LogP contribution >= 0.6 is 12.4 Å². The van der Waals surface area contributed by atoms with Gasteiger partial charge in [0.05, 0.1) is 12.0 Å². The van der Waals surface area contributed by atoms with Crippen LogP contribution in [0.5, 0.6) is 0 Å². The summed E-state index contributed by atoms with van der Waals surface area (Å²) in [6.45, 7) is 2.78. The van der Waals surface area contributed by atoms with E-state index in [4.69, 9.17) is 0 Å². The van der Waals surface area contributed by atoms with Gasteiger partial charge in [-0.1, -0.05) is 30.3 Å². The molecule has 2 amide bonds. The van der Waals surface area contributed by atoms with Crippen molar-refractivity contribution in [3.05, 3.63) is 35.9 Å². The number of nitrogens with one attached hydrogen (secondary N) is 2. The third kappa shape index (κ3) is 4.73. The normalized spacial score (nSPS) is 26.7. The number of hydrogen-bond acceptors (Lipinski definition) is 3. The molecule has 0 aromatic heterocycles. The van der Waals surface area contributed by atoms with Gasteiger partial charge >= 0.3 is 0 Å². The van der Waals surface area contributed by atoms with Crippen LogP contribution in [0.4, 0.5) is 0 Å². The van der Waals surface area contributed by atoms with Crippen LogP contribution in [0.2, 0.25) is 0 Å². The Balaban J connectivity index is 0.00000225. The highest BCUT2D eigenvalue weighted by atomic mass is 35.5. The zero-order valence-electron chi connectivity index (χ0n) is 14.7. The lowest BCUT2D eigenvalue weighted by Crippen LogP contribution is -2.47. The topological polar surface area (TPSA) is 61.4 Å². The Hall–Kier alpha value is -1.59. The standard InChI is InChI=1S/C19H27N3O2.ClH/c1-22-17(23)10-9-16(18(22)15-7-3-2-4-8-15)19(24)21-13-14-6-5-11-20-12-14;/h2-4,7-8,14,16,18,20H,5-6,9-13H2,1H3,(H,21,24);1H. The minimum absolute atomic E-state index is 0. The monoisotopic (exact) mass is 365 g/mol. The van der Waals surface area contributed by atoms with Gasteiger partial charge < -0.3 is 15.5 Å². The van der Waals surface area contributed by atoms with E-state index >= 15 is 0 Å². The van der Waals surface area contributed by atoms with Crippen molar-refractivity contribution in [2.75, 3.05) is 26.7 Å². The van der Waals surface area contributed by atoms with Crippen LogP contribution in [0, 0.1) is 11.8 Å². The van der Waals surface area contributed by atoms with Crippen LogP contribution in [0.25, 0.3) is 0 Å². The molecule has 0 radical (unpaired) electrons. The predicted octanol–water partition coefficient (Wildman–Crippen LogP) is 2.13. The number of hydrogen-bond donors (Lipinski definition) is 2. The molecule has 0 bridgehead atoms. The van der Waals surface area contributed by atoms with Gasteiger partial charge in [-0.15, -0.1) is 12.4 Å². The Morgan fingerprint density at radius 2 is 2.04 bits per heavy atom. The summed E-state index contributed by atoms with van der Waals surface area (Å²) in [5.41, 5.74) is 1.03. The lowest BCUT2D eigenvalue weighted by Gasteiger charge is -2.38. The maximum Gasteiger partial charge on any atom is 0.225 e. The molecule has 1 aromatic carbocycles. The molecule has 2 aliphatic rings. The van der Waals surface area contributed by atoms with E-state index in [-0.39, 0.29) is 36.2 Å². The van der Waals surface area contributed by atoms with Gasteiger partial charge in [0.25, 0.3) is 0 Å². The first-order valence-corrected chi connectivity index (χ1v) is 8.96. The Bertz CT molecular complexity index is 575. The van der Waals surface area contributed by atoms with Crippen LogP contribution in [-0.2, 0) is 9.59 Å². The number of piperidine rings is 2. The van der Waals surface area contributed by atoms with Crippen molar-refractivity contribution in [2.45, 2.75) is 31.7 Å². The minimum Gasteiger partial charge on any atom is -0.355 e. The molecule has 0 spiro atoms. The van der Waals surface area contributed by atoms with Gasteiger partial charge in [-0.2, -0.15) is 0 Å². The van der Waals surface area contributed by atoms with Crippen molar-refractivity contribution in [1.29, 1.82) is 0 Å². The second kappa shape index (κ2) is 9.20. The first-order chi connectivity index (χ1) is 11.7. The second-order valence-corrected chi connectivity index (χ2v) is 6.96. The molecule has 5 nitrogen and oxygen atoms in total. The van der Waals surface area contributed by atoms with Gasteiger partial charge in [0, 0.05) is 20.0 Å². The Morgan fingerprint density at radius 1 is 1.28 bits per heavy atom. The van der Waals surface area contributed by atoms with E-state index in [1.807, 2.05) is 37.4 Å². The SMILES string of the molecule is CN1C(=O)CCC(C(=O)NCC2CCCNC2)C1c1ccccc1.Cl. The van der Waals surface area contributed by atoms with E-state index in [9.17, 15) is 9.59 Å². The predicted molar refractivity (Wildman–Crippen MR) is 101 cm³/mol. The Morgan fingerprint density at radius 3 is 2.72 bits per heavy atom. The molecule has 2 heterocycles. The van der Waals surface area contributed by atoms with E-state index in [1.165, 1.54) is 12.8 Å². The number of amides is 2. The molecule has 2 N–H and O–H groups in total. The summed E-state index contributed by atoms with van der Waals surface area (Å²) < 4.78 is 0. The number of nitrogens with zero attached hydrogens (tertiary/aromatic N) is 1. The molecule has 3 unspecified atom stereocenters. The van der Waals surface area contributed by atoms with Gasteiger partial charge in [0.15, 0.2) is 0 Å². The molecule has 3 rings (SSSR count). The average molecular weight is 366 g/mol. The first-order valence-electron chi connectivity index (χ1n) is 8.96. The van der Waals surface area contributed by atoms with Gasteiger partial charge in [-0.05, 0) is 43.8 Å². The molecule has 138 valence electrons. The number of likely N-dealkylation sites (tertiary alicyclic amines) is 1. The average Bonchev–Trinajstić information content (AvgIpc) is 2.63. The first kappa shape index (κ1) is 19.7. The van der Waals surface area contributed by atoms with Crippen LogP contribution < -0.4 is 10.6 Å². The zero-order valence-corrected chi connectivity index (χ0v) is 15.6. The molecule has 25 heavy (non-hydrogen) atoms. The van der Waals surface area contributed by atoms with Crippen LogP contribution in [-0.4, -0.2) is 43.4 Å². The van der Waals surface area contributed by atoms with Crippen molar-refractivity contribution in [3.8, 4) is 0 Å². The molecule has 3 atom stereocenters. The van der Waals surface area contributed by atoms with Gasteiger partial charge in [-0.25, -0.2) is 0 Å². The molecule has 0 saturated carbocycles. The fraction of sp³-hybridized carbons (Fsp3) is 0.579. The van der Waals surface area contributed by atoms with Gasteiger partial charge in [0.2, 0.25) is 11.8 Å². The molecule has 2 fully saturated rings. The van der Waals surface area contributed by atoms with Crippen molar-refractivity contribution < 1.29 is 9.59 Å². The quantitative estimate of drug-likeness (QED) is 0.859. The summed E-state index contributed by atoms with van der Waals surface area (Å²) in [5, 5.41) is 6.52. The fourth-order valence-electron chi connectivity index (χ4n) is 3.89.